The second-order valence-corrected chi connectivity index (χ2v) is 4.43. The van der Waals surface area contributed by atoms with E-state index in [2.05, 4.69) is 12.2 Å². The number of hydrogen-bond donors (Lipinski definition) is 1. The number of hydrogen-bond acceptors (Lipinski definition) is 3. The van der Waals surface area contributed by atoms with E-state index in [1.54, 1.807) is 12.1 Å². The van der Waals surface area contributed by atoms with E-state index in [-0.39, 0.29) is 18.0 Å². The van der Waals surface area contributed by atoms with E-state index in [0.717, 1.165) is 13.0 Å². The molecule has 1 saturated carbocycles. The van der Waals surface area contributed by atoms with Gasteiger partial charge in [0.2, 0.25) is 0 Å². The summed E-state index contributed by atoms with van der Waals surface area (Å²) in [5.41, 5.74) is 0. The zero-order valence-electron chi connectivity index (χ0n) is 10.9. The molecule has 1 fully saturated rings. The molecule has 0 aromatic heterocycles. The first-order chi connectivity index (χ1) is 8.74. The van der Waals surface area contributed by atoms with Gasteiger partial charge in [-0.15, -0.1) is 0 Å². The van der Waals surface area contributed by atoms with Crippen molar-refractivity contribution in [1.82, 2.24) is 5.32 Å². The van der Waals surface area contributed by atoms with Crippen molar-refractivity contribution >= 4 is 0 Å². The summed E-state index contributed by atoms with van der Waals surface area (Å²) >= 11 is 0. The number of benzene rings is 1. The summed E-state index contributed by atoms with van der Waals surface area (Å²) < 4.78 is 24.5. The van der Waals surface area contributed by atoms with Gasteiger partial charge < -0.3 is 14.8 Å². The van der Waals surface area contributed by atoms with Crippen molar-refractivity contribution in [3.05, 3.63) is 30.1 Å². The van der Waals surface area contributed by atoms with Gasteiger partial charge in [0.1, 0.15) is 23.8 Å². The number of nitrogens with one attached hydrogen (secondary N) is 1. The standard InChI is InChI=1S/C14H20FNO2/c1-3-16-12-9-13(14(12)17-4-2)18-11-7-5-6-10(15)8-11/h5-8,12-14,16H,3-4,9H2,1-2H3. The van der Waals surface area contributed by atoms with Gasteiger partial charge in [0, 0.05) is 25.1 Å². The average Bonchev–Trinajstić information content (AvgIpc) is 2.35. The van der Waals surface area contributed by atoms with Gasteiger partial charge >= 0.3 is 0 Å². The topological polar surface area (TPSA) is 30.5 Å². The van der Waals surface area contributed by atoms with E-state index in [9.17, 15) is 4.39 Å². The van der Waals surface area contributed by atoms with Crippen molar-refractivity contribution in [2.45, 2.75) is 38.5 Å². The molecule has 1 aromatic carbocycles. The molecule has 1 aliphatic carbocycles. The molecule has 100 valence electrons. The number of ether oxygens (including phenoxy) is 2. The summed E-state index contributed by atoms with van der Waals surface area (Å²) in [6.07, 6.45) is 0.962. The van der Waals surface area contributed by atoms with Gasteiger partial charge in [0.15, 0.2) is 0 Å². The monoisotopic (exact) mass is 253 g/mol. The third-order valence-corrected chi connectivity index (χ3v) is 3.16. The van der Waals surface area contributed by atoms with Gasteiger partial charge in [0.25, 0.3) is 0 Å². The van der Waals surface area contributed by atoms with Gasteiger partial charge in [-0.05, 0) is 25.6 Å². The Kier molecular flexibility index (Phi) is 4.55. The maximum Gasteiger partial charge on any atom is 0.128 e. The summed E-state index contributed by atoms with van der Waals surface area (Å²) in [6.45, 7) is 5.63. The molecule has 18 heavy (non-hydrogen) atoms. The highest BCUT2D eigenvalue weighted by molar-refractivity contribution is 5.23. The second-order valence-electron chi connectivity index (χ2n) is 4.43. The van der Waals surface area contributed by atoms with Crippen molar-refractivity contribution in [3.8, 4) is 5.75 Å². The summed E-state index contributed by atoms with van der Waals surface area (Å²) in [7, 11) is 0. The highest BCUT2D eigenvalue weighted by Crippen LogP contribution is 2.29. The normalized spacial score (nSPS) is 26.7. The fourth-order valence-corrected chi connectivity index (χ4v) is 2.29. The second kappa shape index (κ2) is 6.16. The van der Waals surface area contributed by atoms with Crippen LogP contribution in [0.3, 0.4) is 0 Å². The quantitative estimate of drug-likeness (QED) is 0.844. The largest absolute Gasteiger partial charge is 0.487 e. The molecule has 0 spiro atoms. The fourth-order valence-electron chi connectivity index (χ4n) is 2.29. The van der Waals surface area contributed by atoms with E-state index in [0.29, 0.717) is 18.4 Å². The van der Waals surface area contributed by atoms with Crippen LogP contribution in [0.5, 0.6) is 5.75 Å². The van der Waals surface area contributed by atoms with Crippen LogP contribution in [0.25, 0.3) is 0 Å². The van der Waals surface area contributed by atoms with Crippen LogP contribution >= 0.6 is 0 Å². The van der Waals surface area contributed by atoms with Crippen molar-refractivity contribution in [2.24, 2.45) is 0 Å². The first-order valence-corrected chi connectivity index (χ1v) is 6.51. The van der Waals surface area contributed by atoms with Crippen LogP contribution in [-0.2, 0) is 4.74 Å². The lowest BCUT2D eigenvalue weighted by Crippen LogP contribution is -2.61. The minimum absolute atomic E-state index is 0.01000. The Morgan fingerprint density at radius 2 is 2.22 bits per heavy atom. The van der Waals surface area contributed by atoms with E-state index in [4.69, 9.17) is 9.47 Å². The molecule has 1 aliphatic rings. The van der Waals surface area contributed by atoms with E-state index in [1.807, 2.05) is 6.92 Å². The van der Waals surface area contributed by atoms with E-state index < -0.39 is 0 Å². The Labute approximate surface area is 107 Å². The lowest BCUT2D eigenvalue weighted by atomic mass is 9.85. The fraction of sp³-hybridized carbons (Fsp3) is 0.571. The first-order valence-electron chi connectivity index (χ1n) is 6.51. The van der Waals surface area contributed by atoms with Crippen molar-refractivity contribution in [3.63, 3.8) is 0 Å². The lowest BCUT2D eigenvalue weighted by Gasteiger charge is -2.44. The first kappa shape index (κ1) is 13.3. The number of likely N-dealkylation sites (N-methyl/N-ethyl adjacent to an activating group) is 1. The smallest absolute Gasteiger partial charge is 0.128 e. The lowest BCUT2D eigenvalue weighted by molar-refractivity contribution is -0.104. The highest BCUT2D eigenvalue weighted by Gasteiger charge is 2.43. The summed E-state index contributed by atoms with van der Waals surface area (Å²) in [4.78, 5) is 0. The van der Waals surface area contributed by atoms with Gasteiger partial charge in [0.05, 0.1) is 0 Å². The average molecular weight is 253 g/mol. The summed E-state index contributed by atoms with van der Waals surface area (Å²) in [6, 6.07) is 6.58. The maximum atomic E-state index is 13.1. The van der Waals surface area contributed by atoms with Crippen LogP contribution in [0, 0.1) is 5.82 Å². The predicted octanol–water partition coefficient (Wildman–Crippen LogP) is 2.36. The molecule has 1 aromatic rings. The zero-order valence-corrected chi connectivity index (χ0v) is 10.9. The zero-order chi connectivity index (χ0) is 13.0. The Bertz CT molecular complexity index is 386. The van der Waals surface area contributed by atoms with Crippen LogP contribution in [0.1, 0.15) is 20.3 Å². The third kappa shape index (κ3) is 3.00. The molecule has 0 amide bonds. The molecule has 4 heteroatoms. The Balaban J connectivity index is 1.93. The van der Waals surface area contributed by atoms with Crippen LogP contribution in [-0.4, -0.2) is 31.4 Å². The maximum absolute atomic E-state index is 13.1. The van der Waals surface area contributed by atoms with Crippen LogP contribution in [0.15, 0.2) is 24.3 Å². The van der Waals surface area contributed by atoms with Crippen molar-refractivity contribution in [1.29, 1.82) is 0 Å². The van der Waals surface area contributed by atoms with Crippen LogP contribution < -0.4 is 10.1 Å². The Morgan fingerprint density at radius 1 is 1.39 bits per heavy atom. The van der Waals surface area contributed by atoms with Crippen LogP contribution in [0.2, 0.25) is 0 Å². The van der Waals surface area contributed by atoms with Gasteiger partial charge in [-0.1, -0.05) is 13.0 Å². The SMILES string of the molecule is CCNC1CC(Oc2cccc(F)c2)C1OCC. The molecule has 3 atom stereocenters. The van der Waals surface area contributed by atoms with E-state index >= 15 is 0 Å². The van der Waals surface area contributed by atoms with Gasteiger partial charge in [-0.3, -0.25) is 0 Å². The molecule has 0 radical (unpaired) electrons. The van der Waals surface area contributed by atoms with Gasteiger partial charge in [-0.2, -0.15) is 0 Å². The molecule has 2 rings (SSSR count). The van der Waals surface area contributed by atoms with Crippen molar-refractivity contribution in [2.75, 3.05) is 13.2 Å². The number of halogens is 1. The highest BCUT2D eigenvalue weighted by atomic mass is 19.1. The van der Waals surface area contributed by atoms with Crippen molar-refractivity contribution < 1.29 is 13.9 Å². The van der Waals surface area contributed by atoms with Crippen LogP contribution in [0.4, 0.5) is 4.39 Å². The number of rotatable bonds is 6. The molecule has 0 heterocycles. The van der Waals surface area contributed by atoms with Gasteiger partial charge in [-0.25, -0.2) is 4.39 Å². The minimum atomic E-state index is -0.275. The summed E-state index contributed by atoms with van der Waals surface area (Å²) in [5.74, 6) is 0.294. The molecule has 0 saturated heterocycles. The molecule has 3 unspecified atom stereocenters. The third-order valence-electron chi connectivity index (χ3n) is 3.16. The molecule has 0 bridgehead atoms. The minimum Gasteiger partial charge on any atom is -0.487 e. The Morgan fingerprint density at radius 3 is 2.89 bits per heavy atom. The molecule has 0 aliphatic heterocycles. The molecular weight excluding hydrogens is 233 g/mol. The molecule has 1 N–H and O–H groups in total. The summed E-state index contributed by atoms with van der Waals surface area (Å²) in [5, 5.41) is 3.36. The predicted molar refractivity (Wildman–Crippen MR) is 68.3 cm³/mol. The molecular formula is C14H20FNO2. The Hall–Kier alpha value is -1.13. The van der Waals surface area contributed by atoms with E-state index in [1.165, 1.54) is 12.1 Å². The molecule has 3 nitrogen and oxygen atoms in total.